The lowest BCUT2D eigenvalue weighted by Gasteiger charge is -2.33. The Morgan fingerprint density at radius 3 is 2.79 bits per heavy atom. The molecule has 0 radical (unpaired) electrons. The van der Waals surface area contributed by atoms with Crippen LogP contribution in [0.1, 0.15) is 43.5 Å². The van der Waals surface area contributed by atoms with Crippen molar-refractivity contribution in [3.63, 3.8) is 0 Å². The summed E-state index contributed by atoms with van der Waals surface area (Å²) in [5, 5.41) is 2.87. The summed E-state index contributed by atoms with van der Waals surface area (Å²) < 4.78 is 0. The van der Waals surface area contributed by atoms with Crippen LogP contribution in [0.25, 0.3) is 0 Å². The number of carbonyl (C=O) groups excluding carboxylic acids is 2. The molecule has 1 aromatic rings. The van der Waals surface area contributed by atoms with E-state index in [1.807, 2.05) is 4.90 Å². The first-order valence-electron chi connectivity index (χ1n) is 6.76. The van der Waals surface area contributed by atoms with Gasteiger partial charge in [-0.1, -0.05) is 12.1 Å². The van der Waals surface area contributed by atoms with E-state index in [9.17, 15) is 9.59 Å². The molecule has 0 saturated carbocycles. The monoisotopic (exact) mass is 260 g/mol. The largest absolute Gasteiger partial charge is 0.322 e. The van der Waals surface area contributed by atoms with Crippen molar-refractivity contribution in [1.29, 1.82) is 0 Å². The number of ketones is 1. The maximum absolute atomic E-state index is 12.2. The van der Waals surface area contributed by atoms with Crippen molar-refractivity contribution in [3.05, 3.63) is 29.8 Å². The molecule has 0 unspecified atom stereocenters. The van der Waals surface area contributed by atoms with E-state index >= 15 is 0 Å². The molecule has 102 valence electrons. The van der Waals surface area contributed by atoms with E-state index in [1.165, 1.54) is 13.3 Å². The van der Waals surface area contributed by atoms with Crippen molar-refractivity contribution >= 4 is 17.5 Å². The second kappa shape index (κ2) is 5.87. The number of likely N-dealkylation sites (tertiary alicyclic amines) is 1. The lowest BCUT2D eigenvalue weighted by atomic mass is 10.0. The van der Waals surface area contributed by atoms with Gasteiger partial charge >= 0.3 is 6.03 Å². The normalized spacial score (nSPS) is 19.1. The zero-order valence-corrected chi connectivity index (χ0v) is 11.5. The number of anilines is 1. The maximum atomic E-state index is 12.2. The van der Waals surface area contributed by atoms with Gasteiger partial charge in [0, 0.05) is 23.8 Å². The quantitative estimate of drug-likeness (QED) is 0.829. The van der Waals surface area contributed by atoms with Crippen LogP contribution >= 0.6 is 0 Å². The van der Waals surface area contributed by atoms with Crippen molar-refractivity contribution in [2.75, 3.05) is 11.9 Å². The van der Waals surface area contributed by atoms with Crippen LogP contribution in [0.4, 0.5) is 10.5 Å². The Bertz CT molecular complexity index is 485. The fraction of sp³-hybridized carbons (Fsp3) is 0.467. The number of hydrogen-bond donors (Lipinski definition) is 1. The van der Waals surface area contributed by atoms with E-state index in [0.29, 0.717) is 11.3 Å². The number of piperidine rings is 1. The number of urea groups is 1. The molecule has 0 aromatic heterocycles. The Kier molecular flexibility index (Phi) is 4.20. The SMILES string of the molecule is CC(=O)c1cccc(NC(=O)N2CCCC[C@@H]2C)c1. The van der Waals surface area contributed by atoms with Crippen LogP contribution in [-0.4, -0.2) is 29.3 Å². The number of benzene rings is 1. The van der Waals surface area contributed by atoms with Crippen molar-refractivity contribution < 1.29 is 9.59 Å². The van der Waals surface area contributed by atoms with Crippen LogP contribution in [0.2, 0.25) is 0 Å². The van der Waals surface area contributed by atoms with Crippen molar-refractivity contribution in [3.8, 4) is 0 Å². The summed E-state index contributed by atoms with van der Waals surface area (Å²) in [7, 11) is 0. The molecule has 4 nitrogen and oxygen atoms in total. The Morgan fingerprint density at radius 1 is 1.32 bits per heavy atom. The van der Waals surface area contributed by atoms with E-state index < -0.39 is 0 Å². The number of hydrogen-bond acceptors (Lipinski definition) is 2. The van der Waals surface area contributed by atoms with Crippen molar-refractivity contribution in [1.82, 2.24) is 4.90 Å². The summed E-state index contributed by atoms with van der Waals surface area (Å²) in [6.45, 7) is 4.40. The molecule has 0 spiro atoms. The van der Waals surface area contributed by atoms with E-state index in [4.69, 9.17) is 0 Å². The van der Waals surface area contributed by atoms with Gasteiger partial charge in [0.1, 0.15) is 0 Å². The van der Waals surface area contributed by atoms with Crippen LogP contribution in [-0.2, 0) is 0 Å². The Balaban J connectivity index is 2.06. The number of nitrogens with one attached hydrogen (secondary N) is 1. The summed E-state index contributed by atoms with van der Waals surface area (Å²) in [5.41, 5.74) is 1.29. The molecule has 2 amide bonds. The highest BCUT2D eigenvalue weighted by atomic mass is 16.2. The molecule has 0 aliphatic carbocycles. The summed E-state index contributed by atoms with van der Waals surface area (Å²) in [5.74, 6) is 0.00226. The summed E-state index contributed by atoms with van der Waals surface area (Å²) in [4.78, 5) is 25.4. The molecule has 1 aromatic carbocycles. The predicted molar refractivity (Wildman–Crippen MR) is 75.5 cm³/mol. The fourth-order valence-corrected chi connectivity index (χ4v) is 2.41. The number of nitrogens with zero attached hydrogens (tertiary/aromatic N) is 1. The molecule has 1 aliphatic rings. The lowest BCUT2D eigenvalue weighted by Crippen LogP contribution is -2.44. The topological polar surface area (TPSA) is 49.4 Å². The molecule has 0 bridgehead atoms. The standard InChI is InChI=1S/C15H20N2O2/c1-11-6-3-4-9-17(11)15(19)16-14-8-5-7-13(10-14)12(2)18/h5,7-8,10-11H,3-4,6,9H2,1-2H3,(H,16,19)/t11-/m0/s1. The van der Waals surface area contributed by atoms with Gasteiger partial charge in [-0.05, 0) is 45.2 Å². The summed E-state index contributed by atoms with van der Waals surface area (Å²) in [6, 6.07) is 7.26. The van der Waals surface area contributed by atoms with Gasteiger partial charge in [0.05, 0.1) is 0 Å². The average molecular weight is 260 g/mol. The van der Waals surface area contributed by atoms with Gasteiger partial charge in [0.2, 0.25) is 0 Å². The molecule has 2 rings (SSSR count). The zero-order valence-electron chi connectivity index (χ0n) is 11.5. The predicted octanol–water partition coefficient (Wildman–Crippen LogP) is 3.30. The van der Waals surface area contributed by atoms with E-state index in [2.05, 4.69) is 12.2 Å². The van der Waals surface area contributed by atoms with Crippen LogP contribution in [0.15, 0.2) is 24.3 Å². The van der Waals surface area contributed by atoms with Crippen LogP contribution in [0, 0.1) is 0 Å². The lowest BCUT2D eigenvalue weighted by molar-refractivity contribution is 0.101. The number of rotatable bonds is 2. The van der Waals surface area contributed by atoms with Gasteiger partial charge in [-0.25, -0.2) is 4.79 Å². The molecule has 19 heavy (non-hydrogen) atoms. The van der Waals surface area contributed by atoms with E-state index in [0.717, 1.165) is 19.4 Å². The smallest absolute Gasteiger partial charge is 0.322 e. The molecule has 1 heterocycles. The van der Waals surface area contributed by atoms with Crippen LogP contribution < -0.4 is 5.32 Å². The first-order chi connectivity index (χ1) is 9.08. The third kappa shape index (κ3) is 3.34. The average Bonchev–Trinajstić information content (AvgIpc) is 2.39. The first kappa shape index (κ1) is 13.6. The molecule has 1 N–H and O–H groups in total. The Morgan fingerprint density at radius 2 is 2.11 bits per heavy atom. The molecule has 1 fully saturated rings. The van der Waals surface area contributed by atoms with Gasteiger partial charge in [-0.2, -0.15) is 0 Å². The van der Waals surface area contributed by atoms with Crippen LogP contribution in [0.5, 0.6) is 0 Å². The highest BCUT2D eigenvalue weighted by Gasteiger charge is 2.23. The number of amides is 2. The molecular formula is C15H20N2O2. The zero-order chi connectivity index (χ0) is 13.8. The minimum absolute atomic E-state index is 0.00226. The summed E-state index contributed by atoms with van der Waals surface area (Å²) >= 11 is 0. The molecule has 1 aliphatic heterocycles. The van der Waals surface area contributed by atoms with Gasteiger partial charge in [-0.15, -0.1) is 0 Å². The summed E-state index contributed by atoms with van der Waals surface area (Å²) in [6.07, 6.45) is 3.30. The number of Topliss-reactive ketones (excluding diaryl/α,β-unsaturated/α-hetero) is 1. The van der Waals surface area contributed by atoms with Gasteiger partial charge < -0.3 is 10.2 Å². The minimum atomic E-state index is -0.0760. The third-order valence-corrected chi connectivity index (χ3v) is 3.58. The third-order valence-electron chi connectivity index (χ3n) is 3.58. The van der Waals surface area contributed by atoms with Gasteiger partial charge in [0.15, 0.2) is 5.78 Å². The fourth-order valence-electron chi connectivity index (χ4n) is 2.41. The Labute approximate surface area is 113 Å². The van der Waals surface area contributed by atoms with Crippen molar-refractivity contribution in [2.24, 2.45) is 0 Å². The molecule has 4 heteroatoms. The van der Waals surface area contributed by atoms with E-state index in [1.54, 1.807) is 24.3 Å². The van der Waals surface area contributed by atoms with Gasteiger partial charge in [0.25, 0.3) is 0 Å². The van der Waals surface area contributed by atoms with E-state index in [-0.39, 0.29) is 17.9 Å². The second-order valence-corrected chi connectivity index (χ2v) is 5.11. The molecular weight excluding hydrogens is 240 g/mol. The van der Waals surface area contributed by atoms with Crippen LogP contribution in [0.3, 0.4) is 0 Å². The maximum Gasteiger partial charge on any atom is 0.322 e. The second-order valence-electron chi connectivity index (χ2n) is 5.11. The highest BCUT2D eigenvalue weighted by molar-refractivity contribution is 5.96. The number of carbonyl (C=O) groups is 2. The minimum Gasteiger partial charge on any atom is -0.322 e. The first-order valence-corrected chi connectivity index (χ1v) is 6.76. The molecule has 1 atom stereocenters. The Hall–Kier alpha value is -1.84. The highest BCUT2D eigenvalue weighted by Crippen LogP contribution is 2.18. The van der Waals surface area contributed by atoms with Gasteiger partial charge in [-0.3, -0.25) is 4.79 Å². The van der Waals surface area contributed by atoms with Crippen molar-refractivity contribution in [2.45, 2.75) is 39.2 Å². The molecule has 1 saturated heterocycles.